The number of aromatic nitrogens is 2. The van der Waals surface area contributed by atoms with Gasteiger partial charge in [-0.3, -0.25) is 4.79 Å². The molecule has 1 aromatic heterocycles. The Morgan fingerprint density at radius 3 is 2.71 bits per heavy atom. The Kier molecular flexibility index (Phi) is 3.71. The number of hydrogen-bond donors (Lipinski definition) is 0. The molecule has 4 heteroatoms. The summed E-state index contributed by atoms with van der Waals surface area (Å²) < 4.78 is 0. The maximum absolute atomic E-state index is 11.2. The largest absolute Gasteiger partial charge is 0.356 e. The zero-order chi connectivity index (χ0) is 12.3. The third-order valence-electron chi connectivity index (χ3n) is 3.44. The molecule has 0 N–H and O–H groups in total. The molecular formula is C13H19N3O. The molecule has 1 unspecified atom stereocenters. The second kappa shape index (κ2) is 5.25. The van der Waals surface area contributed by atoms with Crippen molar-refractivity contribution in [2.24, 2.45) is 0 Å². The molecule has 0 aliphatic carbocycles. The topological polar surface area (TPSA) is 46.1 Å². The Hall–Kier alpha value is -1.45. The fourth-order valence-corrected chi connectivity index (χ4v) is 2.00. The molecule has 0 bridgehead atoms. The number of Topliss-reactive ketones (excluding diaryl/α,β-unsaturated/α-hetero) is 1. The van der Waals surface area contributed by atoms with Gasteiger partial charge in [-0.05, 0) is 12.3 Å². The van der Waals surface area contributed by atoms with Gasteiger partial charge in [-0.2, -0.15) is 0 Å². The number of piperidine rings is 1. The standard InChI is InChI=1S/C13H19N3O/c1-3-10(2)12-8-13(15-9-14-12)16-6-4-11(17)5-7-16/h8-10H,3-7H2,1-2H3. The summed E-state index contributed by atoms with van der Waals surface area (Å²) in [6, 6.07) is 2.06. The first-order chi connectivity index (χ1) is 8.20. The van der Waals surface area contributed by atoms with Crippen LogP contribution in [0.4, 0.5) is 5.82 Å². The van der Waals surface area contributed by atoms with Gasteiger partial charge in [0.1, 0.15) is 17.9 Å². The predicted molar refractivity (Wildman–Crippen MR) is 67.2 cm³/mol. The molecule has 92 valence electrons. The SMILES string of the molecule is CCC(C)c1cc(N2CCC(=O)CC2)ncn1. The van der Waals surface area contributed by atoms with Crippen LogP contribution in [0.1, 0.15) is 44.7 Å². The van der Waals surface area contributed by atoms with Crippen molar-refractivity contribution in [3.8, 4) is 0 Å². The van der Waals surface area contributed by atoms with Crippen molar-refractivity contribution < 1.29 is 4.79 Å². The highest BCUT2D eigenvalue weighted by atomic mass is 16.1. The van der Waals surface area contributed by atoms with E-state index in [4.69, 9.17) is 0 Å². The minimum absolute atomic E-state index is 0.359. The van der Waals surface area contributed by atoms with Crippen LogP contribution in [0.25, 0.3) is 0 Å². The highest BCUT2D eigenvalue weighted by Crippen LogP contribution is 2.21. The van der Waals surface area contributed by atoms with Crippen molar-refractivity contribution in [3.05, 3.63) is 18.1 Å². The van der Waals surface area contributed by atoms with Crippen molar-refractivity contribution in [3.63, 3.8) is 0 Å². The second-order valence-electron chi connectivity index (χ2n) is 4.64. The minimum Gasteiger partial charge on any atom is -0.356 e. The number of rotatable bonds is 3. The molecule has 1 aromatic rings. The van der Waals surface area contributed by atoms with E-state index in [1.807, 2.05) is 0 Å². The molecule has 0 saturated carbocycles. The molecule has 2 rings (SSSR count). The molecule has 1 fully saturated rings. The van der Waals surface area contributed by atoms with Crippen molar-refractivity contribution in [2.45, 2.75) is 39.0 Å². The molecule has 2 heterocycles. The van der Waals surface area contributed by atoms with E-state index in [-0.39, 0.29) is 0 Å². The lowest BCUT2D eigenvalue weighted by Crippen LogP contribution is -2.34. The maximum Gasteiger partial charge on any atom is 0.136 e. The van der Waals surface area contributed by atoms with Crippen LogP contribution in [-0.4, -0.2) is 28.8 Å². The van der Waals surface area contributed by atoms with Gasteiger partial charge in [-0.15, -0.1) is 0 Å². The van der Waals surface area contributed by atoms with Crippen LogP contribution < -0.4 is 4.90 Å². The number of carbonyl (C=O) groups is 1. The summed E-state index contributed by atoms with van der Waals surface area (Å²) in [7, 11) is 0. The Balaban J connectivity index is 2.13. The zero-order valence-corrected chi connectivity index (χ0v) is 10.5. The lowest BCUT2D eigenvalue weighted by molar-refractivity contribution is -0.119. The zero-order valence-electron chi connectivity index (χ0n) is 10.5. The molecular weight excluding hydrogens is 214 g/mol. The van der Waals surface area contributed by atoms with E-state index in [2.05, 4.69) is 34.8 Å². The van der Waals surface area contributed by atoms with Crippen molar-refractivity contribution in [2.75, 3.05) is 18.0 Å². The van der Waals surface area contributed by atoms with Gasteiger partial charge >= 0.3 is 0 Å². The normalized spacial score (nSPS) is 18.2. The summed E-state index contributed by atoms with van der Waals surface area (Å²) >= 11 is 0. The summed E-state index contributed by atoms with van der Waals surface area (Å²) in [6.07, 6.45) is 3.99. The molecule has 4 nitrogen and oxygen atoms in total. The number of anilines is 1. The molecule has 0 amide bonds. The van der Waals surface area contributed by atoms with Crippen LogP contribution in [0.5, 0.6) is 0 Å². The third kappa shape index (κ3) is 2.81. The van der Waals surface area contributed by atoms with Gasteiger partial charge in [-0.1, -0.05) is 13.8 Å². The average molecular weight is 233 g/mol. The first-order valence-corrected chi connectivity index (χ1v) is 6.29. The van der Waals surface area contributed by atoms with Crippen LogP contribution in [0.15, 0.2) is 12.4 Å². The average Bonchev–Trinajstić information content (AvgIpc) is 2.39. The van der Waals surface area contributed by atoms with Crippen LogP contribution in [0.3, 0.4) is 0 Å². The van der Waals surface area contributed by atoms with Crippen LogP contribution in [0, 0.1) is 0 Å². The van der Waals surface area contributed by atoms with E-state index in [0.29, 0.717) is 24.5 Å². The van der Waals surface area contributed by atoms with Crippen molar-refractivity contribution in [1.82, 2.24) is 9.97 Å². The maximum atomic E-state index is 11.2. The van der Waals surface area contributed by atoms with Gasteiger partial charge in [0, 0.05) is 37.7 Å². The van der Waals surface area contributed by atoms with Gasteiger partial charge in [-0.25, -0.2) is 9.97 Å². The Bertz CT molecular complexity index is 395. The predicted octanol–water partition coefficient (Wildman–Crippen LogP) is 2.16. The molecule has 0 radical (unpaired) electrons. The van der Waals surface area contributed by atoms with E-state index < -0.39 is 0 Å². The third-order valence-corrected chi connectivity index (χ3v) is 3.44. The van der Waals surface area contributed by atoms with Gasteiger partial charge in [0.25, 0.3) is 0 Å². The molecule has 0 spiro atoms. The van der Waals surface area contributed by atoms with E-state index in [9.17, 15) is 4.79 Å². The number of nitrogens with zero attached hydrogens (tertiary/aromatic N) is 3. The highest BCUT2D eigenvalue weighted by molar-refractivity contribution is 5.80. The quantitative estimate of drug-likeness (QED) is 0.802. The van der Waals surface area contributed by atoms with Gasteiger partial charge < -0.3 is 4.90 Å². The number of ketones is 1. The molecule has 17 heavy (non-hydrogen) atoms. The van der Waals surface area contributed by atoms with E-state index in [1.165, 1.54) is 0 Å². The second-order valence-corrected chi connectivity index (χ2v) is 4.64. The monoisotopic (exact) mass is 233 g/mol. The smallest absolute Gasteiger partial charge is 0.136 e. The van der Waals surface area contributed by atoms with Gasteiger partial charge in [0.05, 0.1) is 0 Å². The minimum atomic E-state index is 0.359. The Morgan fingerprint density at radius 1 is 1.35 bits per heavy atom. The van der Waals surface area contributed by atoms with E-state index >= 15 is 0 Å². The summed E-state index contributed by atoms with van der Waals surface area (Å²) in [5.41, 5.74) is 1.09. The van der Waals surface area contributed by atoms with E-state index in [0.717, 1.165) is 31.0 Å². The molecule has 0 aromatic carbocycles. The van der Waals surface area contributed by atoms with E-state index in [1.54, 1.807) is 6.33 Å². The summed E-state index contributed by atoms with van der Waals surface area (Å²) in [5, 5.41) is 0. The molecule has 1 atom stereocenters. The lowest BCUT2D eigenvalue weighted by atomic mass is 10.0. The van der Waals surface area contributed by atoms with Gasteiger partial charge in [0.2, 0.25) is 0 Å². The molecule has 1 aliphatic rings. The number of hydrogen-bond acceptors (Lipinski definition) is 4. The van der Waals surface area contributed by atoms with Gasteiger partial charge in [0.15, 0.2) is 0 Å². The summed E-state index contributed by atoms with van der Waals surface area (Å²) in [6.45, 7) is 5.91. The first-order valence-electron chi connectivity index (χ1n) is 6.29. The van der Waals surface area contributed by atoms with Crippen molar-refractivity contribution in [1.29, 1.82) is 0 Å². The fraction of sp³-hybridized carbons (Fsp3) is 0.615. The molecule has 1 saturated heterocycles. The van der Waals surface area contributed by atoms with Crippen LogP contribution in [0.2, 0.25) is 0 Å². The highest BCUT2D eigenvalue weighted by Gasteiger charge is 2.18. The first kappa shape index (κ1) is 12.0. The Labute approximate surface area is 102 Å². The Morgan fingerprint density at radius 2 is 2.06 bits per heavy atom. The molecule has 1 aliphatic heterocycles. The van der Waals surface area contributed by atoms with Crippen LogP contribution in [-0.2, 0) is 4.79 Å². The summed E-state index contributed by atoms with van der Waals surface area (Å²) in [4.78, 5) is 22.0. The lowest BCUT2D eigenvalue weighted by Gasteiger charge is -2.27. The van der Waals surface area contributed by atoms with Crippen LogP contribution >= 0.6 is 0 Å². The van der Waals surface area contributed by atoms with Crippen molar-refractivity contribution >= 4 is 11.6 Å². The summed E-state index contributed by atoms with van der Waals surface area (Å²) in [5.74, 6) is 1.78. The fourth-order valence-electron chi connectivity index (χ4n) is 2.00. The number of carbonyl (C=O) groups excluding carboxylic acids is 1.